The lowest BCUT2D eigenvalue weighted by atomic mass is 10.0. The predicted octanol–water partition coefficient (Wildman–Crippen LogP) is 7.20. The van der Waals surface area contributed by atoms with E-state index in [9.17, 15) is 14.9 Å². The van der Waals surface area contributed by atoms with Crippen LogP contribution in [0.4, 0.5) is 8.78 Å². The maximum Gasteiger partial charge on any atom is 0.294 e. The number of halogens is 3. The Morgan fingerprint density at radius 2 is 1.95 bits per heavy atom. The molecule has 0 N–H and O–H groups in total. The fourth-order valence-electron chi connectivity index (χ4n) is 3.70. The summed E-state index contributed by atoms with van der Waals surface area (Å²) in [6.45, 7) is 9.31. The van der Waals surface area contributed by atoms with Gasteiger partial charge in [0.05, 0.1) is 30.9 Å². The van der Waals surface area contributed by atoms with Crippen LogP contribution in [-0.2, 0) is 17.8 Å². The van der Waals surface area contributed by atoms with E-state index in [0.717, 1.165) is 20.3 Å². The molecule has 212 valence electrons. The van der Waals surface area contributed by atoms with Crippen LogP contribution in [0.1, 0.15) is 67.7 Å². The van der Waals surface area contributed by atoms with Gasteiger partial charge in [-0.25, -0.2) is 4.98 Å². The Kier molecular flexibility index (Phi) is 11.6. The lowest BCUT2D eigenvalue weighted by Gasteiger charge is -2.26. The molecule has 10 heteroatoms. The van der Waals surface area contributed by atoms with Crippen molar-refractivity contribution in [1.29, 1.82) is 5.26 Å². The zero-order valence-electron chi connectivity index (χ0n) is 23.2. The number of ether oxygens (including phenoxy) is 2. The molecule has 0 bridgehead atoms. The van der Waals surface area contributed by atoms with Crippen LogP contribution in [0.5, 0.6) is 11.6 Å². The van der Waals surface area contributed by atoms with Crippen molar-refractivity contribution < 1.29 is 27.8 Å². The Labute approximate surface area is 238 Å². The number of hydrogen-bond donors (Lipinski definition) is 0. The van der Waals surface area contributed by atoms with Gasteiger partial charge in [-0.2, -0.15) is 14.0 Å². The second-order valence-corrected chi connectivity index (χ2v) is 9.41. The molecule has 1 amide bonds. The summed E-state index contributed by atoms with van der Waals surface area (Å²) in [5.74, 6) is -5.04. The van der Waals surface area contributed by atoms with Gasteiger partial charge in [0, 0.05) is 22.5 Å². The lowest BCUT2D eigenvalue weighted by molar-refractivity contribution is -0.127. The first kappa shape index (κ1) is 32.2. The van der Waals surface area contributed by atoms with Crippen LogP contribution in [0.25, 0.3) is 0 Å². The number of methoxy groups -OCH3 is 1. The zero-order chi connectivity index (χ0) is 30.0. The highest BCUT2D eigenvalue weighted by molar-refractivity contribution is 6.30. The van der Waals surface area contributed by atoms with E-state index in [1.807, 2.05) is 19.9 Å². The SMILES string of the molecule is C=C(C)C(F)(F)C(C)=C(Oc1cc(Cl)cc(C#N)c1)C(=O)N(C=CCCC)Cc1cc(C=O)c(OC)nc1CC. The number of benzene rings is 1. The molecule has 1 aromatic carbocycles. The Morgan fingerprint density at radius 1 is 1.25 bits per heavy atom. The summed E-state index contributed by atoms with van der Waals surface area (Å²) >= 11 is 6.09. The number of nitriles is 1. The summed E-state index contributed by atoms with van der Waals surface area (Å²) in [5.41, 5.74) is 0.232. The highest BCUT2D eigenvalue weighted by Crippen LogP contribution is 2.35. The Morgan fingerprint density at radius 3 is 2.50 bits per heavy atom. The molecule has 0 fully saturated rings. The Bertz CT molecular complexity index is 1380. The number of aryl methyl sites for hydroxylation is 1. The van der Waals surface area contributed by atoms with Gasteiger partial charge in [-0.15, -0.1) is 0 Å². The van der Waals surface area contributed by atoms with Crippen molar-refractivity contribution in [2.24, 2.45) is 0 Å². The number of rotatable bonds is 13. The standard InChI is InChI=1S/C30H32ClF2N3O4/c1-7-9-10-11-36(17-22-14-23(18-37)28(39-6)35-26(22)8-2)29(38)27(20(5)30(32,33)19(3)4)40-25-13-21(16-34)12-24(31)15-25/h10-15,18H,3,7-9,17H2,1-2,4-6H3. The largest absolute Gasteiger partial charge is 0.480 e. The van der Waals surface area contributed by atoms with Gasteiger partial charge in [0.15, 0.2) is 12.0 Å². The molecule has 0 aliphatic carbocycles. The number of pyridine rings is 1. The highest BCUT2D eigenvalue weighted by Gasteiger charge is 2.38. The van der Waals surface area contributed by atoms with Crippen molar-refractivity contribution in [1.82, 2.24) is 9.88 Å². The molecular weight excluding hydrogens is 540 g/mol. The topological polar surface area (TPSA) is 92.5 Å². The molecule has 2 rings (SSSR count). The van der Waals surface area contributed by atoms with E-state index in [2.05, 4.69) is 11.6 Å². The summed E-state index contributed by atoms with van der Waals surface area (Å²) in [6, 6.07) is 7.46. The van der Waals surface area contributed by atoms with E-state index in [1.165, 1.54) is 36.4 Å². The van der Waals surface area contributed by atoms with Crippen molar-refractivity contribution in [2.75, 3.05) is 7.11 Å². The molecule has 0 radical (unpaired) electrons. The average Bonchev–Trinajstić information content (AvgIpc) is 2.93. The first-order chi connectivity index (χ1) is 18.9. The van der Waals surface area contributed by atoms with Crippen molar-refractivity contribution in [2.45, 2.75) is 59.4 Å². The molecule has 0 aliphatic rings. The van der Waals surface area contributed by atoms with Gasteiger partial charge >= 0.3 is 0 Å². The van der Waals surface area contributed by atoms with Crippen LogP contribution in [0.15, 0.2) is 60.0 Å². The molecule has 7 nitrogen and oxygen atoms in total. The zero-order valence-corrected chi connectivity index (χ0v) is 23.9. The van der Waals surface area contributed by atoms with Crippen LogP contribution in [-0.4, -0.2) is 35.1 Å². The van der Waals surface area contributed by atoms with Gasteiger partial charge in [-0.3, -0.25) is 9.59 Å². The van der Waals surface area contributed by atoms with Gasteiger partial charge in [0.2, 0.25) is 5.88 Å². The van der Waals surface area contributed by atoms with Crippen LogP contribution in [0.3, 0.4) is 0 Å². The van der Waals surface area contributed by atoms with Gasteiger partial charge in [-0.05, 0) is 62.1 Å². The second-order valence-electron chi connectivity index (χ2n) is 8.97. The number of nitrogens with zero attached hydrogens (tertiary/aromatic N) is 3. The van der Waals surface area contributed by atoms with Gasteiger partial charge < -0.3 is 14.4 Å². The second kappa shape index (κ2) is 14.4. The van der Waals surface area contributed by atoms with Crippen molar-refractivity contribution in [3.63, 3.8) is 0 Å². The normalized spacial score (nSPS) is 12.0. The van der Waals surface area contributed by atoms with E-state index in [-0.39, 0.29) is 34.3 Å². The van der Waals surface area contributed by atoms with Crippen LogP contribution >= 0.6 is 11.6 Å². The predicted molar refractivity (Wildman–Crippen MR) is 149 cm³/mol. The van der Waals surface area contributed by atoms with E-state index >= 15 is 8.78 Å². The number of amides is 1. The third-order valence-electron chi connectivity index (χ3n) is 5.94. The summed E-state index contributed by atoms with van der Waals surface area (Å²) in [4.78, 5) is 31.3. The van der Waals surface area contributed by atoms with E-state index < -0.39 is 28.7 Å². The maximum atomic E-state index is 15.2. The molecule has 0 unspecified atom stereocenters. The number of aldehydes is 1. The van der Waals surface area contributed by atoms with Crippen LogP contribution in [0.2, 0.25) is 5.02 Å². The number of carbonyl (C=O) groups excluding carboxylic acids is 2. The van der Waals surface area contributed by atoms with E-state index in [0.29, 0.717) is 30.4 Å². The molecular formula is C30H32ClF2N3O4. The fourth-order valence-corrected chi connectivity index (χ4v) is 3.93. The minimum atomic E-state index is -3.58. The lowest BCUT2D eigenvalue weighted by Crippen LogP contribution is -2.33. The first-order valence-corrected chi connectivity index (χ1v) is 12.9. The number of unbranched alkanes of at least 4 members (excludes halogenated alkanes) is 1. The Hall–Kier alpha value is -4.03. The monoisotopic (exact) mass is 571 g/mol. The molecule has 0 spiro atoms. The average molecular weight is 572 g/mol. The van der Waals surface area contributed by atoms with Crippen LogP contribution < -0.4 is 9.47 Å². The molecule has 1 aromatic heterocycles. The number of aromatic nitrogens is 1. The number of alkyl halides is 2. The molecule has 1 heterocycles. The maximum absolute atomic E-state index is 15.2. The first-order valence-electron chi connectivity index (χ1n) is 12.6. The van der Waals surface area contributed by atoms with Gasteiger partial charge in [0.25, 0.3) is 11.8 Å². The summed E-state index contributed by atoms with van der Waals surface area (Å²) in [5, 5.41) is 9.44. The number of carbonyl (C=O) groups is 2. The summed E-state index contributed by atoms with van der Waals surface area (Å²) < 4.78 is 41.4. The quantitative estimate of drug-likeness (QED) is 0.109. The van der Waals surface area contributed by atoms with Crippen molar-refractivity contribution >= 4 is 23.8 Å². The van der Waals surface area contributed by atoms with Crippen molar-refractivity contribution in [3.8, 4) is 17.7 Å². The third kappa shape index (κ3) is 7.76. The molecule has 0 aliphatic heterocycles. The highest BCUT2D eigenvalue weighted by atomic mass is 35.5. The molecule has 40 heavy (non-hydrogen) atoms. The van der Waals surface area contributed by atoms with Gasteiger partial charge in [-0.1, -0.05) is 44.5 Å². The number of hydrogen-bond acceptors (Lipinski definition) is 6. The van der Waals surface area contributed by atoms with Crippen molar-refractivity contribution in [3.05, 3.63) is 87.4 Å². The van der Waals surface area contributed by atoms with E-state index in [4.69, 9.17) is 21.1 Å². The smallest absolute Gasteiger partial charge is 0.294 e. The van der Waals surface area contributed by atoms with Crippen LogP contribution in [0, 0.1) is 11.3 Å². The fraction of sp³-hybridized carbons (Fsp3) is 0.333. The minimum absolute atomic E-state index is 0.0645. The minimum Gasteiger partial charge on any atom is -0.480 e. The summed E-state index contributed by atoms with van der Waals surface area (Å²) in [7, 11) is 1.39. The third-order valence-corrected chi connectivity index (χ3v) is 6.16. The molecule has 0 atom stereocenters. The molecule has 0 saturated carbocycles. The number of allylic oxidation sites excluding steroid dienone is 3. The Balaban J connectivity index is 2.73. The van der Waals surface area contributed by atoms with E-state index in [1.54, 1.807) is 12.1 Å². The van der Waals surface area contributed by atoms with Gasteiger partial charge in [0.1, 0.15) is 5.75 Å². The molecule has 0 saturated heterocycles. The summed E-state index contributed by atoms with van der Waals surface area (Å²) in [6.07, 6.45) is 5.67. The molecule has 2 aromatic rings.